The van der Waals surface area contributed by atoms with E-state index in [0.29, 0.717) is 21.1 Å². The first-order valence-corrected chi connectivity index (χ1v) is 11.5. The van der Waals surface area contributed by atoms with Gasteiger partial charge in [-0.05, 0) is 51.1 Å². The van der Waals surface area contributed by atoms with Crippen molar-refractivity contribution in [3.63, 3.8) is 0 Å². The van der Waals surface area contributed by atoms with Gasteiger partial charge >= 0.3 is 6.09 Å². The molecule has 0 aliphatic carbocycles. The lowest BCUT2D eigenvalue weighted by molar-refractivity contribution is 0.0570. The van der Waals surface area contributed by atoms with Crippen LogP contribution in [0, 0.1) is 0 Å². The van der Waals surface area contributed by atoms with Gasteiger partial charge in [-0.1, -0.05) is 23.2 Å². The molecule has 0 aliphatic heterocycles. The third kappa shape index (κ3) is 5.14. The van der Waals surface area contributed by atoms with E-state index in [4.69, 9.17) is 27.9 Å². The highest BCUT2D eigenvalue weighted by Gasteiger charge is 2.24. The summed E-state index contributed by atoms with van der Waals surface area (Å²) in [5, 5.41) is 3.57. The van der Waals surface area contributed by atoms with Gasteiger partial charge in [0.25, 0.3) is 15.9 Å². The Morgan fingerprint density at radius 2 is 1.81 bits per heavy atom. The van der Waals surface area contributed by atoms with Gasteiger partial charge in [0.1, 0.15) is 11.3 Å². The van der Waals surface area contributed by atoms with Crippen LogP contribution < -0.4 is 10.0 Å². The minimum absolute atomic E-state index is 0.251. The first-order valence-electron chi connectivity index (χ1n) is 9.25. The lowest BCUT2D eigenvalue weighted by atomic mass is 10.2. The average molecular weight is 499 g/mol. The predicted octanol–water partition coefficient (Wildman–Crippen LogP) is 4.35. The van der Waals surface area contributed by atoms with Crippen molar-refractivity contribution in [3.8, 4) is 0 Å². The van der Waals surface area contributed by atoms with Crippen molar-refractivity contribution in [1.29, 1.82) is 0 Å². The Labute approximate surface area is 194 Å². The number of hydrogen-bond donors (Lipinski definition) is 2. The number of hydrogen-bond acceptors (Lipinski definition) is 6. The molecule has 2 amide bonds. The Morgan fingerprint density at radius 3 is 2.41 bits per heavy atom. The highest BCUT2D eigenvalue weighted by Crippen LogP contribution is 2.32. The predicted molar refractivity (Wildman–Crippen MR) is 122 cm³/mol. The fraction of sp³-hybridized carbons (Fsp3) is 0.250. The SMILES string of the molecule is Cn1c(C(=O)Nc2ccc(S(=O)(=O)NC(=O)OC(C)(C)C)nc2)cc2c(Cl)c(Cl)ccc21. The average Bonchev–Trinajstić information content (AvgIpc) is 3.00. The molecule has 0 saturated carbocycles. The molecule has 0 unspecified atom stereocenters. The molecule has 0 atom stereocenters. The molecular weight excluding hydrogens is 479 g/mol. The van der Waals surface area contributed by atoms with Crippen LogP contribution in [0.1, 0.15) is 31.3 Å². The van der Waals surface area contributed by atoms with E-state index >= 15 is 0 Å². The minimum Gasteiger partial charge on any atom is -0.443 e. The third-order valence-corrected chi connectivity index (χ3v) is 6.28. The summed E-state index contributed by atoms with van der Waals surface area (Å²) in [5.41, 5.74) is 0.420. The van der Waals surface area contributed by atoms with Crippen LogP contribution in [0.3, 0.4) is 0 Å². The summed E-state index contributed by atoms with van der Waals surface area (Å²) < 4.78 is 33.0. The molecular formula is C20H20Cl2N4O5S. The van der Waals surface area contributed by atoms with Gasteiger partial charge in [0, 0.05) is 18.0 Å². The normalized spacial score (nSPS) is 11.9. The number of fused-ring (bicyclic) bond motifs is 1. The van der Waals surface area contributed by atoms with Gasteiger partial charge in [-0.25, -0.2) is 14.5 Å². The van der Waals surface area contributed by atoms with Crippen molar-refractivity contribution < 1.29 is 22.7 Å². The standard InChI is InChI=1S/C20H20Cl2N4O5S/c1-20(2,3)31-19(28)25-32(29,30)16-8-5-11(10-23-16)24-18(27)15-9-12-14(26(15)4)7-6-13(21)17(12)22/h5-10H,1-4H3,(H,24,27)(H,25,28). The molecule has 3 aromatic rings. The number of carbonyl (C=O) groups is 2. The first-order chi connectivity index (χ1) is 14.8. The van der Waals surface area contributed by atoms with E-state index in [-0.39, 0.29) is 5.69 Å². The summed E-state index contributed by atoms with van der Waals surface area (Å²) in [7, 11) is -2.54. The van der Waals surface area contributed by atoms with Crippen LogP contribution >= 0.6 is 23.2 Å². The number of aromatic nitrogens is 2. The van der Waals surface area contributed by atoms with Gasteiger partial charge < -0.3 is 14.6 Å². The molecule has 9 nitrogen and oxygen atoms in total. The van der Waals surface area contributed by atoms with Crippen molar-refractivity contribution in [3.05, 3.63) is 52.3 Å². The number of halogens is 2. The molecule has 0 aliphatic rings. The maximum absolute atomic E-state index is 12.7. The van der Waals surface area contributed by atoms with Crippen LogP contribution in [-0.2, 0) is 21.8 Å². The van der Waals surface area contributed by atoms with E-state index < -0.39 is 32.7 Å². The van der Waals surface area contributed by atoms with Crippen LogP contribution in [0.15, 0.2) is 41.6 Å². The van der Waals surface area contributed by atoms with Gasteiger partial charge in [0.2, 0.25) is 0 Å². The molecule has 2 heterocycles. The second-order valence-electron chi connectivity index (χ2n) is 7.83. The zero-order valence-electron chi connectivity index (χ0n) is 17.6. The lowest BCUT2D eigenvalue weighted by Crippen LogP contribution is -2.36. The van der Waals surface area contributed by atoms with Crippen LogP contribution in [-0.4, -0.2) is 35.6 Å². The Hall–Kier alpha value is -2.82. The number of rotatable bonds is 4. The summed E-state index contributed by atoms with van der Waals surface area (Å²) in [6.07, 6.45) is 0.0415. The number of nitrogens with zero attached hydrogens (tertiary/aromatic N) is 2. The van der Waals surface area contributed by atoms with Crippen molar-refractivity contribution in [1.82, 2.24) is 14.3 Å². The van der Waals surface area contributed by atoms with E-state index in [1.165, 1.54) is 6.07 Å². The van der Waals surface area contributed by atoms with Gasteiger partial charge in [-0.15, -0.1) is 0 Å². The fourth-order valence-electron chi connectivity index (χ4n) is 2.84. The zero-order chi connectivity index (χ0) is 23.8. The summed E-state index contributed by atoms with van der Waals surface area (Å²) in [6.45, 7) is 4.81. The maximum atomic E-state index is 12.7. The molecule has 32 heavy (non-hydrogen) atoms. The number of sulfonamides is 1. The zero-order valence-corrected chi connectivity index (χ0v) is 19.9. The maximum Gasteiger partial charge on any atom is 0.421 e. The number of nitrogens with one attached hydrogen (secondary N) is 2. The molecule has 0 bridgehead atoms. The van der Waals surface area contributed by atoms with Crippen molar-refractivity contribution >= 4 is 61.8 Å². The second-order valence-corrected chi connectivity index (χ2v) is 10.2. The van der Waals surface area contributed by atoms with Crippen molar-refractivity contribution in [2.45, 2.75) is 31.4 Å². The van der Waals surface area contributed by atoms with Crippen LogP contribution in [0.4, 0.5) is 10.5 Å². The topological polar surface area (TPSA) is 119 Å². The summed E-state index contributed by atoms with van der Waals surface area (Å²) >= 11 is 12.3. The molecule has 0 spiro atoms. The number of benzene rings is 1. The number of carbonyl (C=O) groups excluding carboxylic acids is 2. The minimum atomic E-state index is -4.24. The molecule has 0 saturated heterocycles. The molecule has 0 radical (unpaired) electrons. The van der Waals surface area contributed by atoms with E-state index in [1.807, 2.05) is 0 Å². The number of pyridine rings is 1. The number of amides is 2. The number of anilines is 1. The Balaban J connectivity index is 1.77. The molecule has 170 valence electrons. The smallest absolute Gasteiger partial charge is 0.421 e. The van der Waals surface area contributed by atoms with E-state index in [0.717, 1.165) is 17.8 Å². The monoisotopic (exact) mass is 498 g/mol. The van der Waals surface area contributed by atoms with Crippen LogP contribution in [0.5, 0.6) is 0 Å². The second kappa shape index (κ2) is 8.61. The highest BCUT2D eigenvalue weighted by molar-refractivity contribution is 7.90. The van der Waals surface area contributed by atoms with Gasteiger partial charge in [0.15, 0.2) is 5.03 Å². The molecule has 12 heteroatoms. The molecule has 1 aromatic carbocycles. The van der Waals surface area contributed by atoms with Crippen LogP contribution in [0.2, 0.25) is 10.0 Å². The molecule has 2 N–H and O–H groups in total. The fourth-order valence-corrected chi connectivity index (χ4v) is 4.02. The number of aryl methyl sites for hydroxylation is 1. The summed E-state index contributed by atoms with van der Waals surface area (Å²) in [6, 6.07) is 7.50. The van der Waals surface area contributed by atoms with Crippen molar-refractivity contribution in [2.75, 3.05) is 5.32 Å². The Morgan fingerprint density at radius 1 is 1.12 bits per heavy atom. The molecule has 3 rings (SSSR count). The van der Waals surface area contributed by atoms with Crippen molar-refractivity contribution in [2.24, 2.45) is 7.05 Å². The van der Waals surface area contributed by atoms with Gasteiger partial charge in [-0.2, -0.15) is 8.42 Å². The van der Waals surface area contributed by atoms with Crippen LogP contribution in [0.25, 0.3) is 10.9 Å². The third-order valence-electron chi connectivity index (χ3n) is 4.23. The quantitative estimate of drug-likeness (QED) is 0.551. The number of ether oxygens (including phenoxy) is 1. The largest absolute Gasteiger partial charge is 0.443 e. The summed E-state index contributed by atoms with van der Waals surface area (Å²) in [5.74, 6) is -0.458. The summed E-state index contributed by atoms with van der Waals surface area (Å²) in [4.78, 5) is 28.3. The van der Waals surface area contributed by atoms with Gasteiger partial charge in [-0.3, -0.25) is 4.79 Å². The molecule has 2 aromatic heterocycles. The van der Waals surface area contributed by atoms with E-state index in [9.17, 15) is 18.0 Å². The Kier molecular flexibility index (Phi) is 6.41. The van der Waals surface area contributed by atoms with E-state index in [2.05, 4.69) is 10.3 Å². The first kappa shape index (κ1) is 23.8. The molecule has 0 fully saturated rings. The van der Waals surface area contributed by atoms with E-state index in [1.54, 1.807) is 55.3 Å². The van der Waals surface area contributed by atoms with Gasteiger partial charge in [0.05, 0.1) is 21.9 Å². The lowest BCUT2D eigenvalue weighted by Gasteiger charge is -2.19. The highest BCUT2D eigenvalue weighted by atomic mass is 35.5. The Bertz CT molecular complexity index is 1310.